The molecule has 0 aromatic heterocycles. The number of hydrogen-bond donors (Lipinski definition) is 2. The van der Waals surface area contributed by atoms with Crippen LogP contribution in [0.2, 0.25) is 0 Å². The van der Waals surface area contributed by atoms with E-state index in [9.17, 15) is 4.79 Å². The standard InChI is InChI=1S/C10H18N2O2/c1-2-5-12-10(13)8-14-7-9-4-3-6-11-9/h2,9,11H,1,3-8H2,(H,12,13). The van der Waals surface area contributed by atoms with E-state index in [2.05, 4.69) is 17.2 Å². The molecule has 0 aromatic carbocycles. The van der Waals surface area contributed by atoms with Crippen molar-refractivity contribution in [2.45, 2.75) is 18.9 Å². The fraction of sp³-hybridized carbons (Fsp3) is 0.700. The van der Waals surface area contributed by atoms with E-state index in [1.54, 1.807) is 6.08 Å². The van der Waals surface area contributed by atoms with Gasteiger partial charge < -0.3 is 15.4 Å². The average molecular weight is 198 g/mol. The number of carbonyl (C=O) groups excluding carboxylic acids is 1. The number of nitrogens with one attached hydrogen (secondary N) is 2. The molecule has 80 valence electrons. The molecule has 0 radical (unpaired) electrons. The molecule has 1 fully saturated rings. The Labute approximate surface area is 84.7 Å². The van der Waals surface area contributed by atoms with Crippen LogP contribution < -0.4 is 10.6 Å². The molecule has 4 heteroatoms. The van der Waals surface area contributed by atoms with Gasteiger partial charge in [-0.1, -0.05) is 6.08 Å². The van der Waals surface area contributed by atoms with Gasteiger partial charge in [0.1, 0.15) is 6.61 Å². The topological polar surface area (TPSA) is 50.4 Å². The van der Waals surface area contributed by atoms with E-state index in [-0.39, 0.29) is 12.5 Å². The molecule has 1 unspecified atom stereocenters. The SMILES string of the molecule is C=CCNC(=O)COCC1CCCN1. The molecule has 1 heterocycles. The Hall–Kier alpha value is -0.870. The molecular weight excluding hydrogens is 180 g/mol. The second kappa shape index (κ2) is 6.56. The molecule has 1 amide bonds. The van der Waals surface area contributed by atoms with Crippen LogP contribution in [0, 0.1) is 0 Å². The van der Waals surface area contributed by atoms with Crippen molar-refractivity contribution in [2.24, 2.45) is 0 Å². The maximum absolute atomic E-state index is 11.1. The monoisotopic (exact) mass is 198 g/mol. The Morgan fingerprint density at radius 2 is 2.57 bits per heavy atom. The lowest BCUT2D eigenvalue weighted by Gasteiger charge is -2.10. The number of hydrogen-bond acceptors (Lipinski definition) is 3. The lowest BCUT2D eigenvalue weighted by molar-refractivity contribution is -0.125. The third kappa shape index (κ3) is 4.39. The molecule has 4 nitrogen and oxygen atoms in total. The van der Waals surface area contributed by atoms with E-state index >= 15 is 0 Å². The third-order valence-electron chi connectivity index (χ3n) is 2.16. The lowest BCUT2D eigenvalue weighted by atomic mass is 10.2. The van der Waals surface area contributed by atoms with Gasteiger partial charge >= 0.3 is 0 Å². The highest BCUT2D eigenvalue weighted by Gasteiger charge is 2.13. The van der Waals surface area contributed by atoms with Crippen LogP contribution in [0.5, 0.6) is 0 Å². The van der Waals surface area contributed by atoms with Crippen LogP contribution in [0.15, 0.2) is 12.7 Å². The van der Waals surface area contributed by atoms with E-state index in [1.807, 2.05) is 0 Å². The van der Waals surface area contributed by atoms with Gasteiger partial charge in [0.05, 0.1) is 6.61 Å². The summed E-state index contributed by atoms with van der Waals surface area (Å²) in [5, 5.41) is 5.96. The van der Waals surface area contributed by atoms with Crippen molar-refractivity contribution in [3.8, 4) is 0 Å². The Bertz CT molecular complexity index is 189. The number of ether oxygens (including phenoxy) is 1. The van der Waals surface area contributed by atoms with E-state index in [0.29, 0.717) is 19.2 Å². The molecule has 1 aliphatic heterocycles. The minimum Gasteiger partial charge on any atom is -0.370 e. The van der Waals surface area contributed by atoms with Crippen LogP contribution in [-0.4, -0.2) is 38.3 Å². The molecule has 14 heavy (non-hydrogen) atoms. The summed E-state index contributed by atoms with van der Waals surface area (Å²) in [6, 6.07) is 0.433. The van der Waals surface area contributed by atoms with Crippen molar-refractivity contribution in [3.63, 3.8) is 0 Å². The minimum atomic E-state index is -0.0807. The molecule has 1 atom stereocenters. The van der Waals surface area contributed by atoms with Gasteiger partial charge in [0.25, 0.3) is 0 Å². The van der Waals surface area contributed by atoms with Gasteiger partial charge in [-0.25, -0.2) is 0 Å². The van der Waals surface area contributed by atoms with Crippen LogP contribution in [0.25, 0.3) is 0 Å². The smallest absolute Gasteiger partial charge is 0.246 e. The zero-order valence-corrected chi connectivity index (χ0v) is 8.42. The highest BCUT2D eigenvalue weighted by Crippen LogP contribution is 2.04. The summed E-state index contributed by atoms with van der Waals surface area (Å²) >= 11 is 0. The van der Waals surface area contributed by atoms with E-state index in [4.69, 9.17) is 4.74 Å². The summed E-state index contributed by atoms with van der Waals surface area (Å²) in [7, 11) is 0. The Morgan fingerprint density at radius 1 is 1.71 bits per heavy atom. The summed E-state index contributed by atoms with van der Waals surface area (Å²) in [6.45, 7) is 5.85. The van der Waals surface area contributed by atoms with Crippen molar-refractivity contribution >= 4 is 5.91 Å². The van der Waals surface area contributed by atoms with E-state index in [0.717, 1.165) is 13.0 Å². The van der Waals surface area contributed by atoms with Gasteiger partial charge in [-0.2, -0.15) is 0 Å². The second-order valence-electron chi connectivity index (χ2n) is 3.40. The van der Waals surface area contributed by atoms with Gasteiger partial charge in [-0.15, -0.1) is 6.58 Å². The molecule has 0 aromatic rings. The molecule has 1 rings (SSSR count). The fourth-order valence-corrected chi connectivity index (χ4v) is 1.43. The van der Waals surface area contributed by atoms with Crippen molar-refractivity contribution in [2.75, 3.05) is 26.3 Å². The highest BCUT2D eigenvalue weighted by atomic mass is 16.5. The predicted molar refractivity (Wildman–Crippen MR) is 55.1 cm³/mol. The summed E-state index contributed by atoms with van der Waals surface area (Å²) < 4.78 is 5.27. The minimum absolute atomic E-state index is 0.0807. The first-order valence-corrected chi connectivity index (χ1v) is 5.01. The van der Waals surface area contributed by atoms with Gasteiger partial charge in [0.2, 0.25) is 5.91 Å². The van der Waals surface area contributed by atoms with Crippen LogP contribution in [-0.2, 0) is 9.53 Å². The van der Waals surface area contributed by atoms with Crippen LogP contribution in [0.3, 0.4) is 0 Å². The first-order valence-electron chi connectivity index (χ1n) is 5.01. The van der Waals surface area contributed by atoms with Crippen LogP contribution >= 0.6 is 0 Å². The predicted octanol–water partition coefficient (Wildman–Crippen LogP) is 0.0572. The van der Waals surface area contributed by atoms with Gasteiger partial charge in [-0.05, 0) is 19.4 Å². The van der Waals surface area contributed by atoms with Crippen LogP contribution in [0.4, 0.5) is 0 Å². The lowest BCUT2D eigenvalue weighted by Crippen LogP contribution is -2.31. The number of amides is 1. The van der Waals surface area contributed by atoms with Crippen molar-refractivity contribution in [1.82, 2.24) is 10.6 Å². The quantitative estimate of drug-likeness (QED) is 0.593. The normalized spacial score (nSPS) is 20.7. The number of carbonyl (C=O) groups is 1. The third-order valence-corrected chi connectivity index (χ3v) is 2.16. The molecule has 0 spiro atoms. The van der Waals surface area contributed by atoms with Gasteiger partial charge in [0.15, 0.2) is 0 Å². The highest BCUT2D eigenvalue weighted by molar-refractivity contribution is 5.77. The summed E-state index contributed by atoms with van der Waals surface area (Å²) in [5.74, 6) is -0.0807. The Kier molecular flexibility index (Phi) is 5.25. The van der Waals surface area contributed by atoms with Crippen LogP contribution in [0.1, 0.15) is 12.8 Å². The van der Waals surface area contributed by atoms with Crippen molar-refractivity contribution < 1.29 is 9.53 Å². The summed E-state index contributed by atoms with van der Waals surface area (Å²) in [6.07, 6.45) is 4.00. The molecular formula is C10H18N2O2. The zero-order chi connectivity index (χ0) is 10.2. The van der Waals surface area contributed by atoms with Gasteiger partial charge in [0, 0.05) is 12.6 Å². The molecule has 1 saturated heterocycles. The van der Waals surface area contributed by atoms with Crippen molar-refractivity contribution in [3.05, 3.63) is 12.7 Å². The first-order chi connectivity index (χ1) is 6.83. The Balaban J connectivity index is 1.96. The largest absolute Gasteiger partial charge is 0.370 e. The summed E-state index contributed by atoms with van der Waals surface area (Å²) in [4.78, 5) is 11.1. The fourth-order valence-electron chi connectivity index (χ4n) is 1.43. The second-order valence-corrected chi connectivity index (χ2v) is 3.40. The maximum atomic E-state index is 11.1. The van der Waals surface area contributed by atoms with E-state index in [1.165, 1.54) is 6.42 Å². The molecule has 0 saturated carbocycles. The van der Waals surface area contributed by atoms with E-state index < -0.39 is 0 Å². The molecule has 0 aliphatic carbocycles. The molecule has 2 N–H and O–H groups in total. The summed E-state index contributed by atoms with van der Waals surface area (Å²) in [5.41, 5.74) is 0. The number of rotatable bonds is 6. The Morgan fingerprint density at radius 3 is 3.21 bits per heavy atom. The molecule has 0 bridgehead atoms. The first kappa shape index (κ1) is 11.2. The van der Waals surface area contributed by atoms with Gasteiger partial charge in [-0.3, -0.25) is 4.79 Å². The average Bonchev–Trinajstić information content (AvgIpc) is 2.67. The van der Waals surface area contributed by atoms with Crippen molar-refractivity contribution in [1.29, 1.82) is 0 Å². The zero-order valence-electron chi connectivity index (χ0n) is 8.42. The molecule has 1 aliphatic rings. The maximum Gasteiger partial charge on any atom is 0.246 e.